The van der Waals surface area contributed by atoms with Gasteiger partial charge in [-0.05, 0) is 62.4 Å². The fraction of sp³-hybridized carbons (Fsp3) is 0.588. The van der Waals surface area contributed by atoms with E-state index in [1.807, 2.05) is 12.1 Å². The van der Waals surface area contributed by atoms with Gasteiger partial charge in [0.1, 0.15) is 0 Å². The van der Waals surface area contributed by atoms with Crippen molar-refractivity contribution in [2.24, 2.45) is 5.92 Å². The zero-order chi connectivity index (χ0) is 13.9. The van der Waals surface area contributed by atoms with Gasteiger partial charge in [-0.1, -0.05) is 24.4 Å². The van der Waals surface area contributed by atoms with E-state index in [9.17, 15) is 4.79 Å². The highest BCUT2D eigenvalue weighted by Crippen LogP contribution is 2.35. The van der Waals surface area contributed by atoms with Crippen LogP contribution in [0.25, 0.3) is 0 Å². The number of Topliss-reactive ketones (excluding diaryl/α,β-unsaturated/α-hetero) is 1. The van der Waals surface area contributed by atoms with Crippen LogP contribution in [0.4, 0.5) is 0 Å². The summed E-state index contributed by atoms with van der Waals surface area (Å²) < 4.78 is 0. The number of likely N-dealkylation sites (tertiary alicyclic amines) is 1. The SMILES string of the molecule is O=C(CN1CCC[C@H]2CCCC[C@H]21)c1ccc(Cl)cc1. The van der Waals surface area contributed by atoms with Crippen LogP contribution in [0.3, 0.4) is 0 Å². The molecule has 2 fully saturated rings. The number of ketones is 1. The molecule has 0 radical (unpaired) electrons. The van der Waals surface area contributed by atoms with Gasteiger partial charge >= 0.3 is 0 Å². The molecule has 2 atom stereocenters. The number of rotatable bonds is 3. The molecule has 0 N–H and O–H groups in total. The molecule has 0 bridgehead atoms. The van der Waals surface area contributed by atoms with Gasteiger partial charge in [0.2, 0.25) is 0 Å². The van der Waals surface area contributed by atoms with E-state index in [0.29, 0.717) is 17.6 Å². The summed E-state index contributed by atoms with van der Waals surface area (Å²) in [7, 11) is 0. The Balaban J connectivity index is 1.66. The van der Waals surface area contributed by atoms with Crippen LogP contribution in [0.5, 0.6) is 0 Å². The van der Waals surface area contributed by atoms with Crippen LogP contribution in [0.2, 0.25) is 5.02 Å². The van der Waals surface area contributed by atoms with Gasteiger partial charge in [0, 0.05) is 16.6 Å². The predicted octanol–water partition coefficient (Wildman–Crippen LogP) is 4.18. The molecule has 1 heterocycles. The first-order valence-electron chi connectivity index (χ1n) is 7.77. The number of hydrogen-bond acceptors (Lipinski definition) is 2. The molecule has 0 amide bonds. The molecule has 20 heavy (non-hydrogen) atoms. The van der Waals surface area contributed by atoms with E-state index in [0.717, 1.165) is 18.0 Å². The molecule has 1 saturated heterocycles. The molecule has 1 aliphatic carbocycles. The quantitative estimate of drug-likeness (QED) is 0.779. The maximum atomic E-state index is 12.4. The van der Waals surface area contributed by atoms with Gasteiger partial charge in [0.05, 0.1) is 6.54 Å². The Bertz CT molecular complexity index is 468. The van der Waals surface area contributed by atoms with Crippen molar-refractivity contribution in [3.8, 4) is 0 Å². The third-order valence-electron chi connectivity index (χ3n) is 4.87. The number of benzene rings is 1. The second-order valence-corrected chi connectivity index (χ2v) is 6.59. The third kappa shape index (κ3) is 3.07. The molecule has 108 valence electrons. The van der Waals surface area contributed by atoms with Crippen molar-refractivity contribution in [1.82, 2.24) is 4.90 Å². The molecular weight excluding hydrogens is 270 g/mol. The van der Waals surface area contributed by atoms with Gasteiger partial charge in [0.25, 0.3) is 0 Å². The van der Waals surface area contributed by atoms with E-state index in [4.69, 9.17) is 11.6 Å². The Labute approximate surface area is 126 Å². The minimum atomic E-state index is 0.230. The Morgan fingerprint density at radius 1 is 1.10 bits per heavy atom. The summed E-state index contributed by atoms with van der Waals surface area (Å²) in [6, 6.07) is 7.93. The molecule has 1 aromatic rings. The smallest absolute Gasteiger partial charge is 0.176 e. The van der Waals surface area contributed by atoms with Gasteiger partial charge in [-0.2, -0.15) is 0 Å². The van der Waals surface area contributed by atoms with E-state index in [1.54, 1.807) is 12.1 Å². The highest BCUT2D eigenvalue weighted by atomic mass is 35.5. The van der Waals surface area contributed by atoms with Crippen LogP contribution >= 0.6 is 11.6 Å². The summed E-state index contributed by atoms with van der Waals surface area (Å²) >= 11 is 5.88. The van der Waals surface area contributed by atoms with Gasteiger partial charge in [0.15, 0.2) is 5.78 Å². The molecule has 3 heteroatoms. The summed E-state index contributed by atoms with van der Waals surface area (Å²) in [6.45, 7) is 1.66. The minimum Gasteiger partial charge on any atom is -0.293 e. The van der Waals surface area contributed by atoms with Crippen LogP contribution in [0.1, 0.15) is 48.9 Å². The summed E-state index contributed by atoms with van der Waals surface area (Å²) in [5, 5.41) is 0.687. The lowest BCUT2D eigenvalue weighted by molar-refractivity contribution is 0.0539. The Morgan fingerprint density at radius 2 is 1.80 bits per heavy atom. The van der Waals surface area contributed by atoms with Gasteiger partial charge in [-0.3, -0.25) is 9.69 Å². The molecule has 2 nitrogen and oxygen atoms in total. The second kappa shape index (κ2) is 6.28. The summed E-state index contributed by atoms with van der Waals surface area (Å²) in [5.41, 5.74) is 0.785. The lowest BCUT2D eigenvalue weighted by Gasteiger charge is -2.43. The molecule has 0 unspecified atom stereocenters. The lowest BCUT2D eigenvalue weighted by Crippen LogP contribution is -2.48. The van der Waals surface area contributed by atoms with Gasteiger partial charge < -0.3 is 0 Å². The van der Waals surface area contributed by atoms with Crippen molar-refractivity contribution in [3.05, 3.63) is 34.9 Å². The van der Waals surface area contributed by atoms with Crippen molar-refractivity contribution >= 4 is 17.4 Å². The number of nitrogens with zero attached hydrogens (tertiary/aromatic N) is 1. The van der Waals surface area contributed by atoms with Crippen LogP contribution in [-0.4, -0.2) is 29.8 Å². The van der Waals surface area contributed by atoms with Crippen LogP contribution in [0, 0.1) is 5.92 Å². The third-order valence-corrected chi connectivity index (χ3v) is 5.12. The largest absolute Gasteiger partial charge is 0.293 e. The standard InChI is InChI=1S/C17H22ClNO/c18-15-9-7-14(8-10-15)17(20)12-19-11-3-5-13-4-1-2-6-16(13)19/h7-10,13,16H,1-6,11-12H2/t13-,16-/m1/s1. The van der Waals surface area contributed by atoms with Crippen molar-refractivity contribution in [3.63, 3.8) is 0 Å². The maximum Gasteiger partial charge on any atom is 0.176 e. The van der Waals surface area contributed by atoms with E-state index in [-0.39, 0.29) is 5.78 Å². The number of fused-ring (bicyclic) bond motifs is 1. The summed E-state index contributed by atoms with van der Waals surface area (Å²) in [4.78, 5) is 14.8. The van der Waals surface area contributed by atoms with Crippen LogP contribution < -0.4 is 0 Å². The highest BCUT2D eigenvalue weighted by Gasteiger charge is 2.33. The minimum absolute atomic E-state index is 0.230. The van der Waals surface area contributed by atoms with Crippen molar-refractivity contribution in [2.45, 2.75) is 44.6 Å². The number of piperidine rings is 1. The van der Waals surface area contributed by atoms with E-state index >= 15 is 0 Å². The Hall–Kier alpha value is -0.860. The summed E-state index contributed by atoms with van der Waals surface area (Å²) in [5.74, 6) is 1.06. The fourth-order valence-corrected chi connectivity index (χ4v) is 3.96. The molecule has 0 aromatic heterocycles. The number of carbonyl (C=O) groups is 1. The van der Waals surface area contributed by atoms with E-state index in [2.05, 4.69) is 4.90 Å². The van der Waals surface area contributed by atoms with E-state index in [1.165, 1.54) is 38.5 Å². The molecule has 1 aromatic carbocycles. The summed E-state index contributed by atoms with van der Waals surface area (Å²) in [6.07, 6.45) is 7.94. The zero-order valence-electron chi connectivity index (χ0n) is 11.9. The van der Waals surface area contributed by atoms with Crippen LogP contribution in [0.15, 0.2) is 24.3 Å². The molecule has 1 aliphatic heterocycles. The zero-order valence-corrected chi connectivity index (χ0v) is 12.6. The molecule has 0 spiro atoms. The van der Waals surface area contributed by atoms with Crippen molar-refractivity contribution < 1.29 is 4.79 Å². The predicted molar refractivity (Wildman–Crippen MR) is 82.3 cm³/mol. The number of hydrogen-bond donors (Lipinski definition) is 0. The number of carbonyl (C=O) groups excluding carboxylic acids is 1. The molecule has 2 aliphatic rings. The first-order valence-corrected chi connectivity index (χ1v) is 8.14. The first-order chi connectivity index (χ1) is 9.74. The van der Waals surface area contributed by atoms with Crippen molar-refractivity contribution in [2.75, 3.05) is 13.1 Å². The molecule has 3 rings (SSSR count). The Kier molecular flexibility index (Phi) is 4.42. The van der Waals surface area contributed by atoms with Crippen LogP contribution in [-0.2, 0) is 0 Å². The van der Waals surface area contributed by atoms with Gasteiger partial charge in [-0.15, -0.1) is 0 Å². The highest BCUT2D eigenvalue weighted by molar-refractivity contribution is 6.30. The number of halogens is 1. The first kappa shape index (κ1) is 14.1. The molecule has 1 saturated carbocycles. The van der Waals surface area contributed by atoms with E-state index < -0.39 is 0 Å². The average Bonchev–Trinajstić information content (AvgIpc) is 2.48. The second-order valence-electron chi connectivity index (χ2n) is 6.15. The average molecular weight is 292 g/mol. The van der Waals surface area contributed by atoms with Gasteiger partial charge in [-0.25, -0.2) is 0 Å². The lowest BCUT2D eigenvalue weighted by atomic mass is 9.78. The maximum absolute atomic E-state index is 12.4. The fourth-order valence-electron chi connectivity index (χ4n) is 3.84. The van der Waals surface area contributed by atoms with Crippen molar-refractivity contribution in [1.29, 1.82) is 0 Å². The monoisotopic (exact) mass is 291 g/mol. The Morgan fingerprint density at radius 3 is 2.60 bits per heavy atom. The topological polar surface area (TPSA) is 20.3 Å². The molecular formula is C17H22ClNO. The normalized spacial score (nSPS) is 27.1.